The van der Waals surface area contributed by atoms with Gasteiger partial charge in [-0.25, -0.2) is 0 Å². The predicted octanol–water partition coefficient (Wildman–Crippen LogP) is 2.01. The van der Waals surface area contributed by atoms with Crippen molar-refractivity contribution < 1.29 is 5.11 Å². The summed E-state index contributed by atoms with van der Waals surface area (Å²) in [5, 5.41) is 10.4. The molecule has 2 aliphatic rings. The zero-order chi connectivity index (χ0) is 10.0. The monoisotopic (exact) mass is 261 g/mol. The van der Waals surface area contributed by atoms with E-state index >= 15 is 0 Å². The molecule has 1 heterocycles. The third-order valence-corrected chi connectivity index (χ3v) is 4.88. The number of β-amino-alcohol motifs (C(OH)–C–C–N with tert-alkyl or cyclic N) is 1. The lowest BCUT2D eigenvalue weighted by Gasteiger charge is -2.45. The average molecular weight is 262 g/mol. The van der Waals surface area contributed by atoms with Crippen molar-refractivity contribution in [2.75, 3.05) is 25.0 Å². The van der Waals surface area contributed by atoms with E-state index in [0.717, 1.165) is 18.4 Å². The molecular formula is C11H20BrNO. The Kier molecular flexibility index (Phi) is 3.50. The number of rotatable bonds is 3. The minimum absolute atomic E-state index is 0.0500. The molecule has 1 aliphatic carbocycles. The second-order valence-corrected chi connectivity index (χ2v) is 5.60. The normalized spacial score (nSPS) is 28.7. The van der Waals surface area contributed by atoms with Crippen LogP contribution in [0.15, 0.2) is 0 Å². The Hall–Kier alpha value is 0.400. The number of hydrogen-bond donors (Lipinski definition) is 1. The van der Waals surface area contributed by atoms with Crippen LogP contribution in [-0.4, -0.2) is 41.1 Å². The van der Waals surface area contributed by atoms with E-state index in [0.29, 0.717) is 5.41 Å². The summed E-state index contributed by atoms with van der Waals surface area (Å²) >= 11 is 3.68. The molecule has 0 aromatic carbocycles. The molecule has 3 heteroatoms. The smallest absolute Gasteiger partial charge is 0.0793 e. The minimum atomic E-state index is -0.0500. The molecule has 2 rings (SSSR count). The fourth-order valence-electron chi connectivity index (χ4n) is 2.78. The summed E-state index contributed by atoms with van der Waals surface area (Å²) in [6, 6.07) is 0. The van der Waals surface area contributed by atoms with Crippen molar-refractivity contribution in [2.24, 2.45) is 5.41 Å². The van der Waals surface area contributed by atoms with Gasteiger partial charge in [0.2, 0.25) is 0 Å². The molecule has 2 nitrogen and oxygen atoms in total. The van der Waals surface area contributed by atoms with Crippen LogP contribution in [0.25, 0.3) is 0 Å². The Morgan fingerprint density at radius 3 is 2.36 bits per heavy atom. The number of likely N-dealkylation sites (tertiary alicyclic amines) is 1. The highest BCUT2D eigenvalue weighted by atomic mass is 79.9. The van der Waals surface area contributed by atoms with Crippen LogP contribution >= 0.6 is 15.9 Å². The number of hydrogen-bond acceptors (Lipinski definition) is 2. The van der Waals surface area contributed by atoms with Crippen LogP contribution in [0.4, 0.5) is 0 Å². The predicted molar refractivity (Wildman–Crippen MR) is 61.8 cm³/mol. The largest absolute Gasteiger partial charge is 0.390 e. The highest BCUT2D eigenvalue weighted by Gasteiger charge is 2.36. The molecule has 0 atom stereocenters. The Morgan fingerprint density at radius 1 is 1.21 bits per heavy atom. The fraction of sp³-hybridized carbons (Fsp3) is 1.00. The molecule has 1 saturated heterocycles. The summed E-state index contributed by atoms with van der Waals surface area (Å²) in [5.74, 6) is 0. The molecule has 1 saturated carbocycles. The standard InChI is InChI=1S/C11H20BrNO/c12-8-11(4-2-1-3-5-11)9-13-6-10(14)7-13/h10,14H,1-9H2. The summed E-state index contributed by atoms with van der Waals surface area (Å²) in [7, 11) is 0. The molecule has 0 spiro atoms. The van der Waals surface area contributed by atoms with Crippen LogP contribution in [-0.2, 0) is 0 Å². The van der Waals surface area contributed by atoms with E-state index in [1.54, 1.807) is 0 Å². The molecule has 0 unspecified atom stereocenters. The Morgan fingerprint density at radius 2 is 1.86 bits per heavy atom. The average Bonchev–Trinajstić information content (AvgIpc) is 2.17. The van der Waals surface area contributed by atoms with Gasteiger partial charge < -0.3 is 5.11 Å². The summed E-state index contributed by atoms with van der Waals surface area (Å²) in [4.78, 5) is 2.40. The van der Waals surface area contributed by atoms with Crippen LogP contribution in [0.5, 0.6) is 0 Å². The van der Waals surface area contributed by atoms with Crippen LogP contribution in [0, 0.1) is 5.41 Å². The van der Waals surface area contributed by atoms with Crippen molar-refractivity contribution in [3.63, 3.8) is 0 Å². The number of halogens is 1. The topological polar surface area (TPSA) is 23.5 Å². The van der Waals surface area contributed by atoms with Crippen molar-refractivity contribution in [3.05, 3.63) is 0 Å². The van der Waals surface area contributed by atoms with Gasteiger partial charge in [-0.1, -0.05) is 35.2 Å². The number of nitrogens with zero attached hydrogens (tertiary/aromatic N) is 1. The lowest BCUT2D eigenvalue weighted by Crippen LogP contribution is -2.55. The van der Waals surface area contributed by atoms with Gasteiger partial charge in [0, 0.05) is 25.0 Å². The zero-order valence-electron chi connectivity index (χ0n) is 8.71. The van der Waals surface area contributed by atoms with Gasteiger partial charge in [0.05, 0.1) is 6.10 Å². The van der Waals surface area contributed by atoms with Gasteiger partial charge in [0.15, 0.2) is 0 Å². The molecule has 0 aromatic heterocycles. The fourth-order valence-corrected chi connectivity index (χ4v) is 3.52. The quantitative estimate of drug-likeness (QED) is 0.786. The van der Waals surface area contributed by atoms with E-state index in [-0.39, 0.29) is 6.10 Å². The van der Waals surface area contributed by atoms with Crippen molar-refractivity contribution in [1.29, 1.82) is 0 Å². The highest BCUT2D eigenvalue weighted by molar-refractivity contribution is 9.09. The van der Waals surface area contributed by atoms with Crippen molar-refractivity contribution >= 4 is 15.9 Å². The molecule has 82 valence electrons. The molecule has 0 aromatic rings. The SMILES string of the molecule is OC1CN(CC2(CBr)CCCCC2)C1. The Labute approximate surface area is 94.8 Å². The van der Waals surface area contributed by atoms with Crippen molar-refractivity contribution in [3.8, 4) is 0 Å². The van der Waals surface area contributed by atoms with E-state index in [1.165, 1.54) is 38.6 Å². The third-order valence-electron chi connectivity index (χ3n) is 3.69. The van der Waals surface area contributed by atoms with E-state index in [4.69, 9.17) is 0 Å². The van der Waals surface area contributed by atoms with Gasteiger partial charge in [-0.05, 0) is 18.3 Å². The summed E-state index contributed by atoms with van der Waals surface area (Å²) in [6.07, 6.45) is 6.88. The Balaban J connectivity index is 1.85. The Bertz CT molecular complexity index is 186. The van der Waals surface area contributed by atoms with E-state index in [2.05, 4.69) is 20.8 Å². The van der Waals surface area contributed by atoms with E-state index in [9.17, 15) is 5.11 Å². The molecule has 0 radical (unpaired) electrons. The van der Waals surface area contributed by atoms with Gasteiger partial charge >= 0.3 is 0 Å². The first-order chi connectivity index (χ1) is 6.74. The van der Waals surface area contributed by atoms with Gasteiger partial charge in [0.1, 0.15) is 0 Å². The summed E-state index contributed by atoms with van der Waals surface area (Å²) in [5.41, 5.74) is 0.512. The van der Waals surface area contributed by atoms with E-state index in [1.807, 2.05) is 0 Å². The van der Waals surface area contributed by atoms with Crippen LogP contribution < -0.4 is 0 Å². The summed E-state index contributed by atoms with van der Waals surface area (Å²) in [6.45, 7) is 2.98. The number of alkyl halides is 1. The summed E-state index contributed by atoms with van der Waals surface area (Å²) < 4.78 is 0. The minimum Gasteiger partial charge on any atom is -0.390 e. The zero-order valence-corrected chi connectivity index (χ0v) is 10.3. The molecule has 0 bridgehead atoms. The van der Waals surface area contributed by atoms with Crippen LogP contribution in [0.2, 0.25) is 0 Å². The number of aliphatic hydroxyl groups excluding tert-OH is 1. The molecule has 1 aliphatic heterocycles. The van der Waals surface area contributed by atoms with Crippen LogP contribution in [0.1, 0.15) is 32.1 Å². The maximum absolute atomic E-state index is 9.25. The molecule has 1 N–H and O–H groups in total. The molecule has 14 heavy (non-hydrogen) atoms. The maximum atomic E-state index is 9.25. The lowest BCUT2D eigenvalue weighted by atomic mass is 9.75. The molecular weight excluding hydrogens is 242 g/mol. The first-order valence-corrected chi connectivity index (χ1v) is 6.83. The van der Waals surface area contributed by atoms with Gasteiger partial charge in [0.25, 0.3) is 0 Å². The first-order valence-electron chi connectivity index (χ1n) is 5.70. The van der Waals surface area contributed by atoms with Crippen molar-refractivity contribution in [1.82, 2.24) is 4.90 Å². The second kappa shape index (κ2) is 4.50. The van der Waals surface area contributed by atoms with Gasteiger partial charge in [-0.2, -0.15) is 0 Å². The molecule has 2 fully saturated rings. The van der Waals surface area contributed by atoms with E-state index < -0.39 is 0 Å². The highest BCUT2D eigenvalue weighted by Crippen LogP contribution is 2.39. The van der Waals surface area contributed by atoms with Gasteiger partial charge in [-0.3, -0.25) is 4.90 Å². The third kappa shape index (κ3) is 2.31. The number of aliphatic hydroxyl groups is 1. The lowest BCUT2D eigenvalue weighted by molar-refractivity contribution is -0.0249. The maximum Gasteiger partial charge on any atom is 0.0793 e. The second-order valence-electron chi connectivity index (χ2n) is 5.04. The van der Waals surface area contributed by atoms with Gasteiger partial charge in [-0.15, -0.1) is 0 Å². The first kappa shape index (κ1) is 10.9. The van der Waals surface area contributed by atoms with Crippen LogP contribution in [0.3, 0.4) is 0 Å². The van der Waals surface area contributed by atoms with Crippen molar-refractivity contribution in [2.45, 2.75) is 38.2 Å². The molecule has 0 amide bonds.